The predicted molar refractivity (Wildman–Crippen MR) is 256 cm³/mol. The van der Waals surface area contributed by atoms with Gasteiger partial charge in [-0.15, -0.1) is 0 Å². The monoisotopic (exact) mass is 920 g/mol. The fourth-order valence-corrected chi connectivity index (χ4v) is 10.4. The number of rotatable bonds is 11. The summed E-state index contributed by atoms with van der Waals surface area (Å²) in [4.78, 5) is 77.1. The Morgan fingerprint density at radius 1 is 1.07 bits per heavy atom. The van der Waals surface area contributed by atoms with Crippen LogP contribution in [0.25, 0.3) is 33.3 Å². The maximum Gasteiger partial charge on any atom is 0.259 e. The number of ether oxygens (including phenoxy) is 2. The van der Waals surface area contributed by atoms with E-state index in [4.69, 9.17) is 9.47 Å². The van der Waals surface area contributed by atoms with E-state index in [1.165, 1.54) is 9.91 Å². The summed E-state index contributed by atoms with van der Waals surface area (Å²) >= 11 is 0. The van der Waals surface area contributed by atoms with Crippen LogP contribution in [0.15, 0.2) is 54.9 Å². The number of likely N-dealkylation sites (N-methyl/N-ethyl adjacent to an activating group) is 1. The van der Waals surface area contributed by atoms with Crippen LogP contribution >= 0.6 is 0 Å². The summed E-state index contributed by atoms with van der Waals surface area (Å²) in [5, 5.41) is 16.8. The topological polar surface area (TPSA) is 176 Å². The fourth-order valence-electron chi connectivity index (χ4n) is 10.4. The van der Waals surface area contributed by atoms with Crippen LogP contribution in [0, 0.1) is 23.2 Å². The molecule has 2 aromatic carbocycles. The lowest BCUT2D eigenvalue weighted by atomic mass is 9.84. The van der Waals surface area contributed by atoms with Crippen LogP contribution < -0.4 is 10.7 Å². The second kappa shape index (κ2) is 20.3. The second-order valence-electron chi connectivity index (χ2n) is 20.3. The van der Waals surface area contributed by atoms with E-state index in [1.807, 2.05) is 52.1 Å². The van der Waals surface area contributed by atoms with Gasteiger partial charge in [-0.2, -0.15) is 0 Å². The van der Waals surface area contributed by atoms with Gasteiger partial charge in [-0.05, 0) is 102 Å². The molecule has 6 bridgehead atoms. The van der Waals surface area contributed by atoms with Crippen LogP contribution in [-0.4, -0.2) is 124 Å². The molecule has 5 heterocycles. The van der Waals surface area contributed by atoms with Gasteiger partial charge >= 0.3 is 0 Å². The molecule has 0 spiro atoms. The van der Waals surface area contributed by atoms with E-state index in [9.17, 15) is 29.1 Å². The van der Waals surface area contributed by atoms with Gasteiger partial charge in [0.1, 0.15) is 29.7 Å². The number of benzene rings is 2. The number of aromatic hydroxyl groups is 1. The first-order valence-electron chi connectivity index (χ1n) is 23.8. The standard InChI is InChI=1S/C52H69N7O8/c1-10-58-44-13-12-35-24-40(44)41(46(58)42-26-53-17-14-37(42)28-66-9)25-51(6,7)30-67-31-52(29-60)16-11-18-59(55-52)50(65)43(22-34-20-38(35)23-39(61)21-34)54-47(62)45(32(2)3)56(8)49(64)36-15-19-57(27-36)48(63)33(4)5/h12-14,17,20-21,23-24,26,29,32-33,36,43,45,55,61H,10-11,15-16,18-19,22,25,27-28,30-31H2,1-9H3,(H,54,62)/t36-,43-,45-,52?/m0/s1. The Bertz CT molecular complexity index is 2500. The highest BCUT2D eigenvalue weighted by atomic mass is 16.5. The number of hydrogen-bond acceptors (Lipinski definition) is 10. The summed E-state index contributed by atoms with van der Waals surface area (Å²) < 4.78 is 14.5. The first-order valence-corrected chi connectivity index (χ1v) is 23.8. The number of aryl methyl sites for hydroxylation is 1. The van der Waals surface area contributed by atoms with Gasteiger partial charge in [-0.3, -0.25) is 29.2 Å². The zero-order chi connectivity index (χ0) is 48.4. The predicted octanol–water partition coefficient (Wildman–Crippen LogP) is 5.92. The molecule has 2 aromatic heterocycles. The van der Waals surface area contributed by atoms with Crippen molar-refractivity contribution in [3.05, 3.63) is 71.5 Å². The van der Waals surface area contributed by atoms with Crippen molar-refractivity contribution in [2.75, 3.05) is 47.0 Å². The molecule has 0 radical (unpaired) electrons. The summed E-state index contributed by atoms with van der Waals surface area (Å²) in [5.41, 5.74) is 8.90. The van der Waals surface area contributed by atoms with Crippen molar-refractivity contribution < 1.29 is 38.6 Å². The molecule has 4 atom stereocenters. The number of hydrazine groups is 1. The maximum absolute atomic E-state index is 14.9. The van der Waals surface area contributed by atoms with Gasteiger partial charge in [0.15, 0.2) is 0 Å². The largest absolute Gasteiger partial charge is 0.508 e. The fraction of sp³-hybridized carbons (Fsp3) is 0.538. The molecular weight excluding hydrogens is 851 g/mol. The van der Waals surface area contributed by atoms with E-state index in [1.54, 1.807) is 37.4 Å². The van der Waals surface area contributed by atoms with E-state index in [2.05, 4.69) is 53.2 Å². The SMILES string of the molecule is CCn1c(-c2cnccc2COC)c2c3cc(ccc31)-c1cc(O)cc(c1)C[C@H](NC(=O)[C@H](C(C)C)N(C)C(=O)[C@H]1CCN(C(=O)C(C)C)C1)C(=O)N1CCCC(C=O)(COCC(C)(C)C2)N1. The molecule has 3 N–H and O–H groups in total. The van der Waals surface area contributed by atoms with E-state index in [0.717, 1.165) is 50.7 Å². The van der Waals surface area contributed by atoms with Crippen molar-refractivity contribution in [3.63, 3.8) is 0 Å². The molecule has 15 nitrogen and oxygen atoms in total. The highest BCUT2D eigenvalue weighted by Crippen LogP contribution is 2.41. The number of phenolic OH excluding ortho intramolecular Hbond substituents is 1. The molecule has 0 aliphatic carbocycles. The summed E-state index contributed by atoms with van der Waals surface area (Å²) in [6.45, 7) is 16.2. The van der Waals surface area contributed by atoms with Crippen LogP contribution in [0.2, 0.25) is 0 Å². The van der Waals surface area contributed by atoms with Crippen molar-refractivity contribution >= 4 is 40.8 Å². The van der Waals surface area contributed by atoms with Crippen molar-refractivity contribution in [1.29, 1.82) is 0 Å². The summed E-state index contributed by atoms with van der Waals surface area (Å²) in [7, 11) is 3.29. The second-order valence-corrected chi connectivity index (χ2v) is 20.3. The molecule has 7 rings (SSSR count). The smallest absolute Gasteiger partial charge is 0.259 e. The van der Waals surface area contributed by atoms with Crippen LogP contribution in [0.3, 0.4) is 0 Å². The highest BCUT2D eigenvalue weighted by molar-refractivity contribution is 5.96. The van der Waals surface area contributed by atoms with Gasteiger partial charge in [-0.1, -0.05) is 53.7 Å². The Morgan fingerprint density at radius 3 is 2.55 bits per heavy atom. The number of likely N-dealkylation sites (tertiary alicyclic amines) is 1. The summed E-state index contributed by atoms with van der Waals surface area (Å²) in [6.07, 6.45) is 6.52. The van der Waals surface area contributed by atoms with Gasteiger partial charge in [0.05, 0.1) is 31.4 Å². The molecule has 3 aliphatic rings. The Labute approximate surface area is 394 Å². The van der Waals surface area contributed by atoms with Gasteiger partial charge in [0.2, 0.25) is 17.7 Å². The Hall–Kier alpha value is -5.64. The Kier molecular flexibility index (Phi) is 14.9. The normalized spacial score (nSPS) is 21.6. The van der Waals surface area contributed by atoms with Crippen LogP contribution in [-0.2, 0) is 59.4 Å². The minimum absolute atomic E-state index is 0.00650. The molecular formula is C52H69N7O8. The molecule has 0 saturated carbocycles. The molecule has 67 heavy (non-hydrogen) atoms. The molecule has 3 aliphatic heterocycles. The van der Waals surface area contributed by atoms with Crippen LogP contribution in [0.1, 0.15) is 84.4 Å². The van der Waals surface area contributed by atoms with Crippen molar-refractivity contribution in [3.8, 4) is 28.1 Å². The average molecular weight is 920 g/mol. The number of nitrogens with zero attached hydrogens (tertiary/aromatic N) is 5. The molecule has 4 aromatic rings. The van der Waals surface area contributed by atoms with E-state index in [0.29, 0.717) is 57.6 Å². The minimum Gasteiger partial charge on any atom is -0.508 e. The van der Waals surface area contributed by atoms with Gasteiger partial charge in [-0.25, -0.2) is 5.43 Å². The van der Waals surface area contributed by atoms with Crippen molar-refractivity contribution in [1.82, 2.24) is 35.1 Å². The van der Waals surface area contributed by atoms with E-state index < -0.39 is 40.8 Å². The number of methoxy groups -OCH3 is 1. The van der Waals surface area contributed by atoms with Crippen LogP contribution in [0.5, 0.6) is 5.75 Å². The molecule has 360 valence electrons. The quantitative estimate of drug-likeness (QED) is 0.153. The molecule has 4 amide bonds. The first kappa shape index (κ1) is 49.3. The number of carbonyl (C=O) groups excluding carboxylic acids is 5. The molecule has 2 fully saturated rings. The van der Waals surface area contributed by atoms with Crippen LogP contribution in [0.4, 0.5) is 0 Å². The lowest BCUT2D eigenvalue weighted by Gasteiger charge is -2.42. The van der Waals surface area contributed by atoms with E-state index >= 15 is 0 Å². The number of phenols is 1. The first-order chi connectivity index (χ1) is 31.9. The number of hydrogen-bond donors (Lipinski definition) is 3. The van der Waals surface area contributed by atoms with E-state index in [-0.39, 0.29) is 55.5 Å². The van der Waals surface area contributed by atoms with Crippen molar-refractivity contribution in [2.24, 2.45) is 23.2 Å². The third-order valence-electron chi connectivity index (χ3n) is 13.7. The number of amides is 4. The minimum atomic E-state index is -1.22. The zero-order valence-electron chi connectivity index (χ0n) is 40.7. The highest BCUT2D eigenvalue weighted by Gasteiger charge is 2.42. The van der Waals surface area contributed by atoms with Gasteiger partial charge in [0, 0.05) is 81.5 Å². The number of carbonyl (C=O) groups is 5. The number of fused-ring (bicyclic) bond motifs is 6. The molecule has 2 saturated heterocycles. The number of pyridine rings is 1. The Balaban J connectivity index is 1.30. The van der Waals surface area contributed by atoms with Gasteiger partial charge in [0.25, 0.3) is 5.91 Å². The lowest BCUT2D eigenvalue weighted by Crippen LogP contribution is -2.66. The Morgan fingerprint density at radius 2 is 1.85 bits per heavy atom. The van der Waals surface area contributed by atoms with Gasteiger partial charge < -0.3 is 39.1 Å². The zero-order valence-corrected chi connectivity index (χ0v) is 40.7. The summed E-state index contributed by atoms with van der Waals surface area (Å²) in [6, 6.07) is 11.4. The number of nitrogens with one attached hydrogen (secondary N) is 2. The molecule has 15 heteroatoms. The van der Waals surface area contributed by atoms with Crippen molar-refractivity contribution in [2.45, 2.75) is 111 Å². The third-order valence-corrected chi connectivity index (χ3v) is 13.7. The average Bonchev–Trinajstić information content (AvgIpc) is 3.90. The lowest BCUT2D eigenvalue weighted by molar-refractivity contribution is -0.148. The summed E-state index contributed by atoms with van der Waals surface area (Å²) in [5.74, 6) is -2.23. The third kappa shape index (κ3) is 10.4. The molecule has 1 unspecified atom stereocenters. The maximum atomic E-state index is 14.9. The number of aromatic nitrogens is 2. The number of aldehydes is 1.